The third-order valence-corrected chi connectivity index (χ3v) is 6.15. The molecule has 158 valence electrons. The highest BCUT2D eigenvalue weighted by Crippen LogP contribution is 2.22. The fourth-order valence-electron chi connectivity index (χ4n) is 3.54. The predicted molar refractivity (Wildman–Crippen MR) is 119 cm³/mol. The monoisotopic (exact) mass is 434 g/mol. The molecule has 0 unspecified atom stereocenters. The van der Waals surface area contributed by atoms with Crippen LogP contribution < -0.4 is 10.5 Å². The first-order chi connectivity index (χ1) is 14.8. The third kappa shape index (κ3) is 4.50. The van der Waals surface area contributed by atoms with Gasteiger partial charge in [0.2, 0.25) is 10.0 Å². The minimum absolute atomic E-state index is 0.0386. The van der Waals surface area contributed by atoms with Crippen molar-refractivity contribution < 1.29 is 13.2 Å². The molecule has 0 radical (unpaired) electrons. The van der Waals surface area contributed by atoms with Crippen LogP contribution in [0.5, 0.6) is 0 Å². The van der Waals surface area contributed by atoms with Gasteiger partial charge in [-0.15, -0.1) is 0 Å². The highest BCUT2D eigenvalue weighted by atomic mass is 32.2. The standard InChI is InChI=1S/C23H22N4O3S/c1-27-21-10-6-5-9-19(21)25-22(27)15-20(16-7-3-2-4-8-16)26-23(28)17-11-13-18(14-12-17)31(24,29)30/h2-14,20H,15H2,1H3,(H,26,28)(H2,24,29,30)/t20-/m0/s1. The van der Waals surface area contributed by atoms with Crippen LogP contribution in [0, 0.1) is 0 Å². The van der Waals surface area contributed by atoms with Crippen molar-refractivity contribution in [1.82, 2.24) is 14.9 Å². The molecule has 0 saturated carbocycles. The molecule has 0 spiro atoms. The number of amides is 1. The van der Waals surface area contributed by atoms with E-state index in [1.807, 2.05) is 66.2 Å². The normalized spacial score (nSPS) is 12.6. The Hall–Kier alpha value is -3.49. The number of aromatic nitrogens is 2. The summed E-state index contributed by atoms with van der Waals surface area (Å²) >= 11 is 0. The van der Waals surface area contributed by atoms with Crippen LogP contribution in [-0.2, 0) is 23.5 Å². The number of benzene rings is 3. The summed E-state index contributed by atoms with van der Waals surface area (Å²) in [5, 5.41) is 8.19. The summed E-state index contributed by atoms with van der Waals surface area (Å²) in [7, 11) is -1.85. The molecule has 1 amide bonds. The topological polar surface area (TPSA) is 107 Å². The summed E-state index contributed by atoms with van der Waals surface area (Å²) < 4.78 is 24.9. The van der Waals surface area contributed by atoms with E-state index >= 15 is 0 Å². The van der Waals surface area contributed by atoms with Gasteiger partial charge < -0.3 is 9.88 Å². The Kier molecular flexibility index (Phi) is 5.58. The lowest BCUT2D eigenvalue weighted by atomic mass is 10.0. The van der Waals surface area contributed by atoms with Gasteiger partial charge in [-0.25, -0.2) is 18.5 Å². The smallest absolute Gasteiger partial charge is 0.251 e. The minimum atomic E-state index is -3.81. The Balaban J connectivity index is 1.62. The second kappa shape index (κ2) is 8.33. The Morgan fingerprint density at radius 2 is 1.65 bits per heavy atom. The van der Waals surface area contributed by atoms with E-state index in [0.717, 1.165) is 22.4 Å². The third-order valence-electron chi connectivity index (χ3n) is 5.22. The number of hydrogen-bond acceptors (Lipinski definition) is 4. The van der Waals surface area contributed by atoms with Gasteiger partial charge in [-0.3, -0.25) is 4.79 Å². The van der Waals surface area contributed by atoms with Gasteiger partial charge in [0, 0.05) is 19.0 Å². The molecule has 8 heteroatoms. The number of nitrogens with one attached hydrogen (secondary N) is 1. The van der Waals surface area contributed by atoms with Crippen LogP contribution in [0.2, 0.25) is 0 Å². The Bertz CT molecular complexity index is 1330. The second-order valence-corrected chi connectivity index (χ2v) is 8.85. The number of rotatable bonds is 6. The van der Waals surface area contributed by atoms with E-state index in [1.165, 1.54) is 24.3 Å². The van der Waals surface area contributed by atoms with Crippen LogP contribution in [0.25, 0.3) is 11.0 Å². The van der Waals surface area contributed by atoms with E-state index in [4.69, 9.17) is 10.1 Å². The maximum absolute atomic E-state index is 12.9. The van der Waals surface area contributed by atoms with Crippen molar-refractivity contribution in [1.29, 1.82) is 0 Å². The summed E-state index contributed by atoms with van der Waals surface area (Å²) in [5.74, 6) is 0.536. The fraction of sp³-hybridized carbons (Fsp3) is 0.130. The molecule has 0 aliphatic carbocycles. The van der Waals surface area contributed by atoms with Crippen LogP contribution in [-0.4, -0.2) is 23.9 Å². The van der Waals surface area contributed by atoms with E-state index < -0.39 is 10.0 Å². The molecular weight excluding hydrogens is 412 g/mol. The summed E-state index contributed by atoms with van der Waals surface area (Å²) in [4.78, 5) is 17.6. The number of imidazole rings is 1. The zero-order chi connectivity index (χ0) is 22.0. The summed E-state index contributed by atoms with van der Waals surface area (Å²) in [6.45, 7) is 0. The summed E-state index contributed by atoms with van der Waals surface area (Å²) in [5.41, 5.74) is 3.22. The molecule has 0 bridgehead atoms. The number of nitrogens with two attached hydrogens (primary N) is 1. The number of hydrogen-bond donors (Lipinski definition) is 2. The molecule has 4 rings (SSSR count). The zero-order valence-corrected chi connectivity index (χ0v) is 17.7. The molecule has 0 fully saturated rings. The molecule has 3 N–H and O–H groups in total. The molecule has 7 nitrogen and oxygen atoms in total. The number of aryl methyl sites for hydroxylation is 1. The maximum atomic E-state index is 12.9. The largest absolute Gasteiger partial charge is 0.345 e. The maximum Gasteiger partial charge on any atom is 0.251 e. The SMILES string of the molecule is Cn1c(C[C@H](NC(=O)c2ccc(S(N)(=O)=O)cc2)c2ccccc2)nc2ccccc21. The van der Waals surface area contributed by atoms with Crippen LogP contribution in [0.3, 0.4) is 0 Å². The van der Waals surface area contributed by atoms with E-state index in [9.17, 15) is 13.2 Å². The van der Waals surface area contributed by atoms with Crippen LogP contribution in [0.15, 0.2) is 83.8 Å². The zero-order valence-electron chi connectivity index (χ0n) is 16.9. The van der Waals surface area contributed by atoms with Gasteiger partial charge in [0.05, 0.1) is 22.0 Å². The predicted octanol–water partition coefficient (Wildman–Crippen LogP) is 2.93. The van der Waals surface area contributed by atoms with Crippen molar-refractivity contribution in [2.45, 2.75) is 17.4 Å². The average molecular weight is 435 g/mol. The molecule has 1 aromatic heterocycles. The van der Waals surface area contributed by atoms with E-state index in [0.29, 0.717) is 12.0 Å². The van der Waals surface area contributed by atoms with Crippen molar-refractivity contribution in [2.24, 2.45) is 12.2 Å². The second-order valence-electron chi connectivity index (χ2n) is 7.29. The molecule has 31 heavy (non-hydrogen) atoms. The van der Waals surface area contributed by atoms with Crippen molar-refractivity contribution >= 4 is 27.0 Å². The lowest BCUT2D eigenvalue weighted by Crippen LogP contribution is -2.30. The summed E-state index contributed by atoms with van der Waals surface area (Å²) in [6, 6.07) is 22.8. The van der Waals surface area contributed by atoms with Gasteiger partial charge in [-0.2, -0.15) is 0 Å². The number of fused-ring (bicyclic) bond motifs is 1. The number of nitrogens with zero attached hydrogens (tertiary/aromatic N) is 2. The van der Waals surface area contributed by atoms with Crippen molar-refractivity contribution in [2.75, 3.05) is 0 Å². The van der Waals surface area contributed by atoms with Crippen molar-refractivity contribution in [3.05, 3.63) is 95.8 Å². The lowest BCUT2D eigenvalue weighted by Gasteiger charge is -2.19. The minimum Gasteiger partial charge on any atom is -0.345 e. The first kappa shape index (κ1) is 20.8. The molecule has 0 aliphatic heterocycles. The van der Waals surface area contributed by atoms with E-state index in [1.54, 1.807) is 0 Å². The molecule has 0 aliphatic rings. The summed E-state index contributed by atoms with van der Waals surface area (Å²) in [6.07, 6.45) is 0.496. The van der Waals surface area contributed by atoms with E-state index in [-0.39, 0.29) is 16.8 Å². The van der Waals surface area contributed by atoms with Gasteiger partial charge in [0.15, 0.2) is 0 Å². The molecule has 1 atom stereocenters. The molecule has 0 saturated heterocycles. The van der Waals surface area contributed by atoms with E-state index in [2.05, 4.69) is 5.32 Å². The van der Waals surface area contributed by atoms with Gasteiger partial charge in [0.25, 0.3) is 5.91 Å². The first-order valence-corrected chi connectivity index (χ1v) is 11.3. The van der Waals surface area contributed by atoms with Gasteiger partial charge in [0.1, 0.15) is 5.82 Å². The van der Waals surface area contributed by atoms with Crippen LogP contribution in [0.4, 0.5) is 0 Å². The highest BCUT2D eigenvalue weighted by molar-refractivity contribution is 7.89. The quantitative estimate of drug-likeness (QED) is 0.486. The van der Waals surface area contributed by atoms with Crippen LogP contribution in [0.1, 0.15) is 27.8 Å². The Labute approximate surface area is 180 Å². The van der Waals surface area contributed by atoms with Gasteiger partial charge >= 0.3 is 0 Å². The van der Waals surface area contributed by atoms with Gasteiger partial charge in [-0.05, 0) is 42.0 Å². The molecule has 3 aromatic carbocycles. The first-order valence-electron chi connectivity index (χ1n) is 9.72. The van der Waals surface area contributed by atoms with Crippen LogP contribution >= 0.6 is 0 Å². The number of sulfonamides is 1. The Morgan fingerprint density at radius 3 is 2.29 bits per heavy atom. The van der Waals surface area contributed by atoms with Crippen molar-refractivity contribution in [3.63, 3.8) is 0 Å². The molecule has 4 aromatic rings. The molecule has 1 heterocycles. The molecular formula is C23H22N4O3S. The number of carbonyl (C=O) groups excluding carboxylic acids is 1. The fourth-order valence-corrected chi connectivity index (χ4v) is 4.05. The average Bonchev–Trinajstić information content (AvgIpc) is 3.09. The Morgan fingerprint density at radius 1 is 1.00 bits per heavy atom. The van der Waals surface area contributed by atoms with Crippen molar-refractivity contribution in [3.8, 4) is 0 Å². The number of para-hydroxylation sites is 2. The lowest BCUT2D eigenvalue weighted by molar-refractivity contribution is 0.0936. The van der Waals surface area contributed by atoms with Gasteiger partial charge in [-0.1, -0.05) is 42.5 Å². The number of carbonyl (C=O) groups is 1. The number of primary sulfonamides is 1. The highest BCUT2D eigenvalue weighted by Gasteiger charge is 2.20.